The molecule has 3 fully saturated rings. The molecule has 3 aliphatic rings. The minimum absolute atomic E-state index is 0.0590. The van der Waals surface area contributed by atoms with Crippen LogP contribution in [0, 0.1) is 0 Å². The van der Waals surface area contributed by atoms with Crippen molar-refractivity contribution in [2.24, 2.45) is 0 Å². The van der Waals surface area contributed by atoms with Crippen LogP contribution in [0.15, 0.2) is 0 Å². The SMILES string of the molecule is O[C@@H]1C2CC3(CO2)OCC1O3. The summed E-state index contributed by atoms with van der Waals surface area (Å²) >= 11 is 0. The average molecular weight is 158 g/mol. The van der Waals surface area contributed by atoms with Gasteiger partial charge in [0.1, 0.15) is 18.8 Å². The van der Waals surface area contributed by atoms with Crippen LogP contribution in [0.3, 0.4) is 0 Å². The van der Waals surface area contributed by atoms with Crippen LogP contribution in [0.2, 0.25) is 0 Å². The molecule has 62 valence electrons. The van der Waals surface area contributed by atoms with E-state index in [4.69, 9.17) is 14.2 Å². The summed E-state index contributed by atoms with van der Waals surface area (Å²) in [7, 11) is 0. The van der Waals surface area contributed by atoms with Gasteiger partial charge in [0.05, 0.1) is 12.7 Å². The summed E-state index contributed by atoms with van der Waals surface area (Å²) in [5.74, 6) is -0.492. The van der Waals surface area contributed by atoms with Crippen LogP contribution in [0.25, 0.3) is 0 Å². The van der Waals surface area contributed by atoms with Crippen molar-refractivity contribution >= 4 is 0 Å². The van der Waals surface area contributed by atoms with Gasteiger partial charge in [0, 0.05) is 6.42 Å². The Labute approximate surface area is 64.0 Å². The monoisotopic (exact) mass is 158 g/mol. The molecule has 0 radical (unpaired) electrons. The molecule has 4 atom stereocenters. The van der Waals surface area contributed by atoms with Gasteiger partial charge in [0.15, 0.2) is 5.79 Å². The second-order valence-electron chi connectivity index (χ2n) is 3.42. The van der Waals surface area contributed by atoms with Crippen LogP contribution in [0.5, 0.6) is 0 Å². The second kappa shape index (κ2) is 1.77. The number of fused-ring (bicyclic) bond motifs is 2. The summed E-state index contributed by atoms with van der Waals surface area (Å²) in [6.45, 7) is 0.992. The number of rotatable bonds is 0. The van der Waals surface area contributed by atoms with E-state index in [1.54, 1.807) is 0 Å². The predicted molar refractivity (Wildman–Crippen MR) is 33.9 cm³/mol. The first kappa shape index (κ1) is 6.37. The zero-order chi connectivity index (χ0) is 7.47. The van der Waals surface area contributed by atoms with Gasteiger partial charge in [-0.25, -0.2) is 0 Å². The zero-order valence-electron chi connectivity index (χ0n) is 6.03. The topological polar surface area (TPSA) is 47.9 Å². The van der Waals surface area contributed by atoms with Crippen molar-refractivity contribution in [1.82, 2.24) is 0 Å². The first-order valence-electron chi connectivity index (χ1n) is 3.91. The van der Waals surface area contributed by atoms with E-state index in [-0.39, 0.29) is 12.2 Å². The van der Waals surface area contributed by atoms with Crippen LogP contribution in [-0.4, -0.2) is 42.4 Å². The molecule has 4 heteroatoms. The molecule has 0 saturated carbocycles. The van der Waals surface area contributed by atoms with Gasteiger partial charge >= 0.3 is 0 Å². The van der Waals surface area contributed by atoms with E-state index in [0.29, 0.717) is 19.6 Å². The van der Waals surface area contributed by atoms with Gasteiger partial charge in [-0.15, -0.1) is 0 Å². The molecule has 3 bridgehead atoms. The highest BCUT2D eigenvalue weighted by molar-refractivity contribution is 4.99. The lowest BCUT2D eigenvalue weighted by Gasteiger charge is -2.28. The lowest BCUT2D eigenvalue weighted by atomic mass is 10.0. The Balaban J connectivity index is 1.99. The minimum atomic E-state index is -0.492. The smallest absolute Gasteiger partial charge is 0.195 e. The Bertz CT molecular complexity index is 173. The first-order valence-corrected chi connectivity index (χ1v) is 3.91. The number of aliphatic hydroxyl groups excluding tert-OH is 1. The fraction of sp³-hybridized carbons (Fsp3) is 1.00. The number of aliphatic hydroxyl groups is 1. The molecular weight excluding hydrogens is 148 g/mol. The Morgan fingerprint density at radius 1 is 1.36 bits per heavy atom. The van der Waals surface area contributed by atoms with Crippen LogP contribution in [0.1, 0.15) is 6.42 Å². The zero-order valence-corrected chi connectivity index (χ0v) is 6.03. The molecule has 1 N–H and O–H groups in total. The maximum Gasteiger partial charge on any atom is 0.195 e. The quantitative estimate of drug-likeness (QED) is 0.504. The van der Waals surface area contributed by atoms with Gasteiger partial charge in [-0.1, -0.05) is 0 Å². The van der Waals surface area contributed by atoms with Crippen molar-refractivity contribution in [2.75, 3.05) is 13.2 Å². The fourth-order valence-electron chi connectivity index (χ4n) is 2.05. The molecule has 0 aromatic carbocycles. The van der Waals surface area contributed by atoms with Crippen LogP contribution in [0.4, 0.5) is 0 Å². The van der Waals surface area contributed by atoms with E-state index in [1.807, 2.05) is 0 Å². The molecular formula is C7H10O4. The Morgan fingerprint density at radius 3 is 3.18 bits per heavy atom. The molecule has 11 heavy (non-hydrogen) atoms. The Morgan fingerprint density at radius 2 is 2.27 bits per heavy atom. The molecule has 3 unspecified atom stereocenters. The lowest BCUT2D eigenvalue weighted by Crippen LogP contribution is -2.44. The summed E-state index contributed by atoms with van der Waals surface area (Å²) in [6.07, 6.45) is -0.0226. The van der Waals surface area contributed by atoms with Gasteiger partial charge in [0.25, 0.3) is 0 Å². The normalized spacial score (nSPS) is 60.3. The van der Waals surface area contributed by atoms with E-state index >= 15 is 0 Å². The van der Waals surface area contributed by atoms with Crippen molar-refractivity contribution in [3.8, 4) is 0 Å². The number of hydrogen-bond donors (Lipinski definition) is 1. The van der Waals surface area contributed by atoms with E-state index in [9.17, 15) is 5.11 Å². The summed E-state index contributed by atoms with van der Waals surface area (Å²) in [5, 5.41) is 9.55. The summed E-state index contributed by atoms with van der Waals surface area (Å²) in [4.78, 5) is 0. The second-order valence-corrected chi connectivity index (χ2v) is 3.42. The van der Waals surface area contributed by atoms with Crippen molar-refractivity contribution < 1.29 is 19.3 Å². The molecule has 4 nitrogen and oxygen atoms in total. The number of ether oxygens (including phenoxy) is 3. The molecule has 1 spiro atoms. The maximum absolute atomic E-state index is 9.55. The third kappa shape index (κ3) is 0.679. The van der Waals surface area contributed by atoms with Crippen molar-refractivity contribution in [3.05, 3.63) is 0 Å². The highest BCUT2D eigenvalue weighted by atomic mass is 16.8. The maximum atomic E-state index is 9.55. The third-order valence-corrected chi connectivity index (χ3v) is 2.67. The van der Waals surface area contributed by atoms with Gasteiger partial charge in [-0.05, 0) is 0 Å². The highest BCUT2D eigenvalue weighted by Crippen LogP contribution is 2.42. The Kier molecular flexibility index (Phi) is 1.02. The van der Waals surface area contributed by atoms with Gasteiger partial charge in [-0.2, -0.15) is 0 Å². The van der Waals surface area contributed by atoms with Crippen molar-refractivity contribution in [3.63, 3.8) is 0 Å². The van der Waals surface area contributed by atoms with Crippen molar-refractivity contribution in [2.45, 2.75) is 30.5 Å². The van der Waals surface area contributed by atoms with E-state index in [2.05, 4.69) is 0 Å². The molecule has 3 saturated heterocycles. The number of hydrogen-bond acceptors (Lipinski definition) is 4. The predicted octanol–water partition coefficient (Wildman–Crippen LogP) is -0.739. The fourth-order valence-corrected chi connectivity index (χ4v) is 2.05. The molecule has 0 aliphatic carbocycles. The molecule has 3 aliphatic heterocycles. The van der Waals surface area contributed by atoms with E-state index in [0.717, 1.165) is 0 Å². The van der Waals surface area contributed by atoms with Gasteiger partial charge in [0.2, 0.25) is 0 Å². The Hall–Kier alpha value is -0.160. The van der Waals surface area contributed by atoms with Crippen LogP contribution >= 0.6 is 0 Å². The van der Waals surface area contributed by atoms with Gasteiger partial charge in [-0.3, -0.25) is 0 Å². The largest absolute Gasteiger partial charge is 0.388 e. The molecule has 0 aromatic rings. The summed E-state index contributed by atoms with van der Waals surface area (Å²) in [5.41, 5.74) is 0. The third-order valence-electron chi connectivity index (χ3n) is 2.67. The lowest BCUT2D eigenvalue weighted by molar-refractivity contribution is -0.182. The molecule has 3 rings (SSSR count). The highest BCUT2D eigenvalue weighted by Gasteiger charge is 2.58. The molecule has 3 heterocycles. The summed E-state index contributed by atoms with van der Waals surface area (Å²) in [6, 6.07) is 0. The minimum Gasteiger partial charge on any atom is -0.388 e. The average Bonchev–Trinajstić information content (AvgIpc) is 2.54. The first-order chi connectivity index (χ1) is 5.29. The molecule has 0 amide bonds. The van der Waals surface area contributed by atoms with Gasteiger partial charge < -0.3 is 19.3 Å². The van der Waals surface area contributed by atoms with E-state index in [1.165, 1.54) is 0 Å². The summed E-state index contributed by atoms with van der Waals surface area (Å²) < 4.78 is 16.2. The van der Waals surface area contributed by atoms with E-state index < -0.39 is 11.9 Å². The van der Waals surface area contributed by atoms with Crippen molar-refractivity contribution in [1.29, 1.82) is 0 Å². The van der Waals surface area contributed by atoms with Crippen LogP contribution in [-0.2, 0) is 14.2 Å². The molecule has 0 aromatic heterocycles. The van der Waals surface area contributed by atoms with Crippen LogP contribution < -0.4 is 0 Å². The standard InChI is InChI=1S/C7H10O4/c8-6-4-1-7(3-9-4)10-2-5(6)11-7/h4-6,8H,1-3H2/t4?,5?,6-,7?/m1/s1.